The maximum atomic E-state index is 12.0. The van der Waals surface area contributed by atoms with Crippen LogP contribution in [0.15, 0.2) is 0 Å². The second-order valence-electron chi connectivity index (χ2n) is 4.40. The highest BCUT2D eigenvalue weighted by atomic mass is 35.5. The summed E-state index contributed by atoms with van der Waals surface area (Å²) >= 11 is 0. The van der Waals surface area contributed by atoms with Crippen molar-refractivity contribution in [3.05, 3.63) is 0 Å². The first-order valence-corrected chi connectivity index (χ1v) is 5.46. The van der Waals surface area contributed by atoms with Gasteiger partial charge in [-0.2, -0.15) is 0 Å². The second kappa shape index (κ2) is 5.14. The fourth-order valence-corrected chi connectivity index (χ4v) is 2.25. The van der Waals surface area contributed by atoms with Crippen molar-refractivity contribution in [3.8, 4) is 0 Å². The fraction of sp³-hybridized carbons (Fsp3) is 0.900. The van der Waals surface area contributed by atoms with Crippen LogP contribution >= 0.6 is 12.4 Å². The molecular formula is C10H20ClN3O. The lowest BCUT2D eigenvalue weighted by atomic mass is 10.0. The molecule has 2 fully saturated rings. The van der Waals surface area contributed by atoms with E-state index in [1.165, 1.54) is 0 Å². The Labute approximate surface area is 97.2 Å². The predicted octanol–water partition coefficient (Wildman–Crippen LogP) is -0.0211. The number of hydrogen-bond donors (Lipinski definition) is 2. The summed E-state index contributed by atoms with van der Waals surface area (Å²) in [5.74, 6) is 0.290. The van der Waals surface area contributed by atoms with Crippen molar-refractivity contribution in [3.63, 3.8) is 0 Å². The molecule has 2 unspecified atom stereocenters. The molecule has 15 heavy (non-hydrogen) atoms. The first-order valence-electron chi connectivity index (χ1n) is 5.46. The first kappa shape index (κ1) is 12.7. The van der Waals surface area contributed by atoms with Gasteiger partial charge in [-0.15, -0.1) is 12.4 Å². The molecule has 0 bridgehead atoms. The van der Waals surface area contributed by atoms with Crippen LogP contribution in [0.2, 0.25) is 0 Å². The van der Waals surface area contributed by atoms with Gasteiger partial charge in [-0.1, -0.05) is 0 Å². The molecule has 0 aromatic heterocycles. The average Bonchev–Trinajstić information content (AvgIpc) is 2.00. The van der Waals surface area contributed by atoms with Crippen molar-refractivity contribution in [1.29, 1.82) is 0 Å². The van der Waals surface area contributed by atoms with Crippen molar-refractivity contribution in [2.45, 2.75) is 38.4 Å². The Morgan fingerprint density at radius 2 is 1.80 bits per heavy atom. The summed E-state index contributed by atoms with van der Waals surface area (Å²) in [4.78, 5) is 14.1. The zero-order valence-corrected chi connectivity index (χ0v) is 10.1. The molecule has 2 aliphatic rings. The van der Waals surface area contributed by atoms with E-state index < -0.39 is 0 Å². The van der Waals surface area contributed by atoms with Gasteiger partial charge in [0, 0.05) is 25.2 Å². The van der Waals surface area contributed by atoms with Gasteiger partial charge in [-0.3, -0.25) is 4.79 Å². The van der Waals surface area contributed by atoms with E-state index in [0.29, 0.717) is 12.1 Å². The lowest BCUT2D eigenvalue weighted by molar-refractivity contribution is -0.140. The van der Waals surface area contributed by atoms with Crippen LogP contribution in [-0.4, -0.2) is 48.6 Å². The van der Waals surface area contributed by atoms with Crippen LogP contribution in [0.3, 0.4) is 0 Å². The molecule has 0 saturated carbocycles. The van der Waals surface area contributed by atoms with E-state index in [0.717, 1.165) is 26.1 Å². The Kier molecular flexibility index (Phi) is 4.37. The van der Waals surface area contributed by atoms with Gasteiger partial charge >= 0.3 is 0 Å². The van der Waals surface area contributed by atoms with Crippen molar-refractivity contribution >= 4 is 18.3 Å². The van der Waals surface area contributed by atoms with Gasteiger partial charge in [0.15, 0.2) is 0 Å². The minimum absolute atomic E-state index is 0. The van der Waals surface area contributed by atoms with Gasteiger partial charge < -0.3 is 15.5 Å². The minimum atomic E-state index is 0. The molecule has 4 nitrogen and oxygen atoms in total. The highest BCUT2D eigenvalue weighted by Gasteiger charge is 2.35. The SMILES string of the molecule is CC1CNCC(C)N1C(=O)[C@H]1CCN1.Cl. The Bertz CT molecular complexity index is 223. The summed E-state index contributed by atoms with van der Waals surface area (Å²) in [5.41, 5.74) is 0. The van der Waals surface area contributed by atoms with E-state index in [1.54, 1.807) is 0 Å². The van der Waals surface area contributed by atoms with Gasteiger partial charge in [-0.05, 0) is 26.8 Å². The summed E-state index contributed by atoms with van der Waals surface area (Å²) in [6, 6.07) is 0.750. The van der Waals surface area contributed by atoms with E-state index in [9.17, 15) is 4.79 Å². The van der Waals surface area contributed by atoms with Crippen molar-refractivity contribution in [2.75, 3.05) is 19.6 Å². The Balaban J connectivity index is 0.00000112. The topological polar surface area (TPSA) is 44.4 Å². The third kappa shape index (κ3) is 2.44. The van der Waals surface area contributed by atoms with Gasteiger partial charge in [0.1, 0.15) is 0 Å². The van der Waals surface area contributed by atoms with Crippen LogP contribution in [0.4, 0.5) is 0 Å². The number of piperazine rings is 1. The van der Waals surface area contributed by atoms with Crippen molar-refractivity contribution in [2.24, 2.45) is 0 Å². The Morgan fingerprint density at radius 3 is 2.20 bits per heavy atom. The molecule has 2 rings (SSSR count). The normalized spacial score (nSPS) is 35.3. The van der Waals surface area contributed by atoms with Crippen LogP contribution < -0.4 is 10.6 Å². The number of halogens is 1. The number of nitrogens with zero attached hydrogens (tertiary/aromatic N) is 1. The molecule has 88 valence electrons. The third-order valence-corrected chi connectivity index (χ3v) is 3.21. The van der Waals surface area contributed by atoms with Crippen LogP contribution in [0.1, 0.15) is 20.3 Å². The molecule has 2 N–H and O–H groups in total. The lowest BCUT2D eigenvalue weighted by Crippen LogP contribution is -2.63. The fourth-order valence-electron chi connectivity index (χ4n) is 2.25. The number of rotatable bonds is 1. The molecule has 2 heterocycles. The summed E-state index contributed by atoms with van der Waals surface area (Å²) in [7, 11) is 0. The van der Waals surface area contributed by atoms with Gasteiger partial charge in [0.2, 0.25) is 5.91 Å². The molecule has 2 aliphatic heterocycles. The van der Waals surface area contributed by atoms with Crippen LogP contribution in [0, 0.1) is 0 Å². The largest absolute Gasteiger partial charge is 0.333 e. The van der Waals surface area contributed by atoms with E-state index >= 15 is 0 Å². The number of nitrogens with one attached hydrogen (secondary N) is 2. The molecule has 0 aromatic carbocycles. The maximum Gasteiger partial charge on any atom is 0.240 e. The number of carbonyl (C=O) groups is 1. The van der Waals surface area contributed by atoms with E-state index in [1.807, 2.05) is 4.90 Å². The molecule has 0 aliphatic carbocycles. The van der Waals surface area contributed by atoms with Gasteiger partial charge in [-0.25, -0.2) is 0 Å². The predicted molar refractivity (Wildman–Crippen MR) is 62.3 cm³/mol. The summed E-state index contributed by atoms with van der Waals surface area (Å²) in [6.07, 6.45) is 1.00. The van der Waals surface area contributed by atoms with E-state index in [2.05, 4.69) is 24.5 Å². The van der Waals surface area contributed by atoms with Crippen LogP contribution in [0.25, 0.3) is 0 Å². The Morgan fingerprint density at radius 1 is 1.27 bits per heavy atom. The third-order valence-electron chi connectivity index (χ3n) is 3.21. The zero-order valence-electron chi connectivity index (χ0n) is 9.32. The highest BCUT2D eigenvalue weighted by Crippen LogP contribution is 2.15. The molecular weight excluding hydrogens is 214 g/mol. The smallest absolute Gasteiger partial charge is 0.240 e. The second-order valence-corrected chi connectivity index (χ2v) is 4.40. The maximum absolute atomic E-state index is 12.0. The highest BCUT2D eigenvalue weighted by molar-refractivity contribution is 5.85. The molecule has 2 saturated heterocycles. The number of carbonyl (C=O) groups excluding carboxylic acids is 1. The minimum Gasteiger partial charge on any atom is -0.333 e. The number of hydrogen-bond acceptors (Lipinski definition) is 3. The summed E-state index contributed by atoms with van der Waals surface area (Å²) < 4.78 is 0. The zero-order chi connectivity index (χ0) is 10.1. The summed E-state index contributed by atoms with van der Waals surface area (Å²) in [5, 5.41) is 6.50. The van der Waals surface area contributed by atoms with Gasteiger partial charge in [0.05, 0.1) is 6.04 Å². The molecule has 1 amide bonds. The monoisotopic (exact) mass is 233 g/mol. The van der Waals surface area contributed by atoms with Crippen LogP contribution in [0.5, 0.6) is 0 Å². The van der Waals surface area contributed by atoms with Gasteiger partial charge in [0.25, 0.3) is 0 Å². The average molecular weight is 234 g/mol. The number of amides is 1. The van der Waals surface area contributed by atoms with Crippen molar-refractivity contribution in [1.82, 2.24) is 15.5 Å². The molecule has 3 atom stereocenters. The van der Waals surface area contributed by atoms with E-state index in [-0.39, 0.29) is 24.4 Å². The molecule has 0 aromatic rings. The standard InChI is InChI=1S/C10H19N3O.ClH/c1-7-5-11-6-8(2)13(7)10(14)9-3-4-12-9;/h7-9,11-12H,3-6H2,1-2H3;1H/t7?,8?,9-;/m1./s1. The molecule has 0 spiro atoms. The Hall–Kier alpha value is -0.320. The molecule has 0 radical (unpaired) electrons. The first-order chi connectivity index (χ1) is 6.70. The van der Waals surface area contributed by atoms with Crippen LogP contribution in [-0.2, 0) is 4.79 Å². The van der Waals surface area contributed by atoms with Crippen molar-refractivity contribution < 1.29 is 4.79 Å². The quantitative estimate of drug-likeness (QED) is 0.669. The summed E-state index contributed by atoms with van der Waals surface area (Å²) in [6.45, 7) is 7.05. The lowest BCUT2D eigenvalue weighted by Gasteiger charge is -2.43. The molecule has 5 heteroatoms. The van der Waals surface area contributed by atoms with E-state index in [4.69, 9.17) is 0 Å².